The lowest BCUT2D eigenvalue weighted by atomic mass is 10.4. The van der Waals surface area contributed by atoms with Crippen LogP contribution in [0.4, 0.5) is 0 Å². The first-order chi connectivity index (χ1) is 5.36. The van der Waals surface area contributed by atoms with Gasteiger partial charge in [0, 0.05) is 11.4 Å². The van der Waals surface area contributed by atoms with Crippen LogP contribution in [0.25, 0.3) is 6.08 Å². The van der Waals surface area contributed by atoms with Gasteiger partial charge < -0.3 is 5.73 Å². The molecule has 56 valence electrons. The van der Waals surface area contributed by atoms with Crippen LogP contribution in [0.15, 0.2) is 18.2 Å². The lowest BCUT2D eigenvalue weighted by Crippen LogP contribution is -1.91. The molecule has 0 bridgehead atoms. The van der Waals surface area contributed by atoms with Crippen LogP contribution >= 0.6 is 11.3 Å². The Morgan fingerprint density at radius 2 is 2.45 bits per heavy atom. The van der Waals surface area contributed by atoms with Crippen molar-refractivity contribution in [3.63, 3.8) is 0 Å². The van der Waals surface area contributed by atoms with E-state index < -0.39 is 0 Å². The second kappa shape index (κ2) is 3.91. The molecular weight excluding hydrogens is 156 g/mol. The Labute approximate surface area is 69.6 Å². The van der Waals surface area contributed by atoms with E-state index in [2.05, 4.69) is 6.07 Å². The first-order valence-electron chi connectivity index (χ1n) is 3.23. The van der Waals surface area contributed by atoms with Crippen LogP contribution in [0.5, 0.6) is 0 Å². The SMILES string of the molecule is N#Cc1ccc(/C=C/CN)s1. The van der Waals surface area contributed by atoms with Crippen molar-refractivity contribution in [3.8, 4) is 6.07 Å². The highest BCUT2D eigenvalue weighted by atomic mass is 32.1. The predicted octanol–water partition coefficient (Wildman–Crippen LogP) is 1.59. The second-order valence-corrected chi connectivity index (χ2v) is 3.07. The molecule has 0 aliphatic heterocycles. The Kier molecular flexibility index (Phi) is 2.84. The average molecular weight is 164 g/mol. The fourth-order valence-electron chi connectivity index (χ4n) is 0.687. The van der Waals surface area contributed by atoms with Crippen LogP contribution in [-0.4, -0.2) is 6.54 Å². The smallest absolute Gasteiger partial charge is 0.110 e. The summed E-state index contributed by atoms with van der Waals surface area (Å²) >= 11 is 1.47. The summed E-state index contributed by atoms with van der Waals surface area (Å²) in [6.07, 6.45) is 3.79. The van der Waals surface area contributed by atoms with Crippen LogP contribution in [-0.2, 0) is 0 Å². The minimum Gasteiger partial charge on any atom is -0.327 e. The van der Waals surface area contributed by atoms with Gasteiger partial charge in [0.15, 0.2) is 0 Å². The van der Waals surface area contributed by atoms with Gasteiger partial charge in [0.05, 0.1) is 0 Å². The number of nitriles is 1. The zero-order valence-corrected chi connectivity index (χ0v) is 6.77. The molecule has 0 fully saturated rings. The van der Waals surface area contributed by atoms with Crippen LogP contribution in [0.3, 0.4) is 0 Å². The van der Waals surface area contributed by atoms with Crippen molar-refractivity contribution in [1.82, 2.24) is 0 Å². The zero-order valence-electron chi connectivity index (χ0n) is 5.95. The van der Waals surface area contributed by atoms with Crippen molar-refractivity contribution in [2.75, 3.05) is 6.54 Å². The fraction of sp³-hybridized carbons (Fsp3) is 0.125. The highest BCUT2D eigenvalue weighted by Gasteiger charge is 1.93. The van der Waals surface area contributed by atoms with Gasteiger partial charge in [-0.25, -0.2) is 0 Å². The third-order valence-electron chi connectivity index (χ3n) is 1.16. The summed E-state index contributed by atoms with van der Waals surface area (Å²) < 4.78 is 0. The molecule has 1 rings (SSSR count). The third-order valence-corrected chi connectivity index (χ3v) is 2.11. The maximum absolute atomic E-state index is 8.49. The van der Waals surface area contributed by atoms with Gasteiger partial charge in [-0.05, 0) is 18.2 Å². The van der Waals surface area contributed by atoms with E-state index in [-0.39, 0.29) is 0 Å². The van der Waals surface area contributed by atoms with Crippen molar-refractivity contribution in [1.29, 1.82) is 5.26 Å². The Morgan fingerprint density at radius 3 is 3.00 bits per heavy atom. The molecule has 0 unspecified atom stereocenters. The third kappa shape index (κ3) is 2.19. The zero-order chi connectivity index (χ0) is 8.10. The predicted molar refractivity (Wildman–Crippen MR) is 47.1 cm³/mol. The molecule has 1 aromatic heterocycles. The number of nitrogens with two attached hydrogens (primary N) is 1. The number of thiophene rings is 1. The lowest BCUT2D eigenvalue weighted by Gasteiger charge is -1.79. The molecule has 0 aliphatic rings. The van der Waals surface area contributed by atoms with Gasteiger partial charge >= 0.3 is 0 Å². The van der Waals surface area contributed by atoms with E-state index in [1.807, 2.05) is 18.2 Å². The molecule has 0 radical (unpaired) electrons. The van der Waals surface area contributed by atoms with Crippen molar-refractivity contribution in [3.05, 3.63) is 28.0 Å². The van der Waals surface area contributed by atoms with Crippen molar-refractivity contribution >= 4 is 17.4 Å². The number of hydrogen-bond acceptors (Lipinski definition) is 3. The Bertz CT molecular complexity index is 293. The first kappa shape index (κ1) is 7.99. The minimum atomic E-state index is 0.541. The van der Waals surface area contributed by atoms with Crippen LogP contribution in [0.1, 0.15) is 9.75 Å². The molecule has 0 spiro atoms. The van der Waals surface area contributed by atoms with Gasteiger partial charge in [-0.1, -0.05) is 6.08 Å². The highest BCUT2D eigenvalue weighted by molar-refractivity contribution is 7.13. The Morgan fingerprint density at radius 1 is 1.64 bits per heavy atom. The summed E-state index contributed by atoms with van der Waals surface area (Å²) in [6, 6.07) is 5.80. The number of rotatable bonds is 2. The number of nitrogens with zero attached hydrogens (tertiary/aromatic N) is 1. The molecule has 1 heterocycles. The maximum atomic E-state index is 8.49. The molecule has 2 N–H and O–H groups in total. The van der Waals surface area contributed by atoms with Gasteiger partial charge in [-0.3, -0.25) is 0 Å². The Balaban J connectivity index is 2.75. The maximum Gasteiger partial charge on any atom is 0.110 e. The van der Waals surface area contributed by atoms with Gasteiger partial charge in [-0.2, -0.15) is 5.26 Å². The molecule has 11 heavy (non-hydrogen) atoms. The quantitative estimate of drug-likeness (QED) is 0.721. The van der Waals surface area contributed by atoms with Crippen LogP contribution in [0, 0.1) is 11.3 Å². The standard InChI is InChI=1S/C8H8N2S/c9-5-1-2-7-3-4-8(6-10)11-7/h1-4H,5,9H2/b2-1+. The van der Waals surface area contributed by atoms with E-state index in [1.165, 1.54) is 11.3 Å². The van der Waals surface area contributed by atoms with E-state index in [0.717, 1.165) is 9.75 Å². The van der Waals surface area contributed by atoms with E-state index in [1.54, 1.807) is 6.07 Å². The van der Waals surface area contributed by atoms with E-state index in [0.29, 0.717) is 6.54 Å². The van der Waals surface area contributed by atoms with Crippen molar-refractivity contribution < 1.29 is 0 Å². The normalized spacial score (nSPS) is 10.2. The molecule has 0 aromatic carbocycles. The van der Waals surface area contributed by atoms with Crippen LogP contribution in [0.2, 0.25) is 0 Å². The minimum absolute atomic E-state index is 0.541. The summed E-state index contributed by atoms with van der Waals surface area (Å²) in [5.41, 5.74) is 5.27. The van der Waals surface area contributed by atoms with Crippen molar-refractivity contribution in [2.24, 2.45) is 5.73 Å². The molecule has 0 atom stereocenters. The summed E-state index contributed by atoms with van der Waals surface area (Å²) in [5.74, 6) is 0. The summed E-state index contributed by atoms with van der Waals surface area (Å²) in [6.45, 7) is 0.541. The van der Waals surface area contributed by atoms with E-state index in [9.17, 15) is 0 Å². The molecular formula is C8H8N2S. The summed E-state index contributed by atoms with van der Waals surface area (Å²) in [5, 5.41) is 8.49. The lowest BCUT2D eigenvalue weighted by molar-refractivity contribution is 1.26. The molecule has 0 aliphatic carbocycles. The van der Waals surface area contributed by atoms with Gasteiger partial charge in [0.1, 0.15) is 10.9 Å². The average Bonchev–Trinajstić information content (AvgIpc) is 2.48. The fourth-order valence-corrected chi connectivity index (χ4v) is 1.42. The monoisotopic (exact) mass is 164 g/mol. The molecule has 3 heteroatoms. The molecule has 0 saturated heterocycles. The van der Waals surface area contributed by atoms with E-state index in [4.69, 9.17) is 11.0 Å². The van der Waals surface area contributed by atoms with Gasteiger partial charge in [0.2, 0.25) is 0 Å². The molecule has 1 aromatic rings. The second-order valence-electron chi connectivity index (χ2n) is 1.95. The summed E-state index contributed by atoms with van der Waals surface area (Å²) in [4.78, 5) is 1.81. The molecule has 2 nitrogen and oxygen atoms in total. The van der Waals surface area contributed by atoms with Gasteiger partial charge in [-0.15, -0.1) is 11.3 Å². The molecule has 0 saturated carbocycles. The largest absolute Gasteiger partial charge is 0.327 e. The highest BCUT2D eigenvalue weighted by Crippen LogP contribution is 2.16. The summed E-state index contributed by atoms with van der Waals surface area (Å²) in [7, 11) is 0. The topological polar surface area (TPSA) is 49.8 Å². The van der Waals surface area contributed by atoms with Gasteiger partial charge in [0.25, 0.3) is 0 Å². The number of hydrogen-bond donors (Lipinski definition) is 1. The Hall–Kier alpha value is -1.11. The first-order valence-corrected chi connectivity index (χ1v) is 4.05. The molecule has 0 amide bonds. The van der Waals surface area contributed by atoms with Crippen LogP contribution < -0.4 is 5.73 Å². The van der Waals surface area contributed by atoms with E-state index >= 15 is 0 Å². The van der Waals surface area contributed by atoms with Crippen molar-refractivity contribution in [2.45, 2.75) is 0 Å².